The Morgan fingerprint density at radius 1 is 1.22 bits per heavy atom. The van der Waals surface area contributed by atoms with Crippen molar-refractivity contribution in [3.8, 4) is 11.5 Å². The number of phenols is 2. The van der Waals surface area contributed by atoms with Gasteiger partial charge in [-0.25, -0.2) is 8.42 Å². The van der Waals surface area contributed by atoms with Crippen LogP contribution in [-0.4, -0.2) is 24.4 Å². The van der Waals surface area contributed by atoms with Gasteiger partial charge < -0.3 is 10.2 Å². The summed E-state index contributed by atoms with van der Waals surface area (Å²) in [6.07, 6.45) is 0.875. The Morgan fingerprint density at radius 3 is 2.61 bits per heavy atom. The van der Waals surface area contributed by atoms with Crippen molar-refractivity contribution in [2.45, 2.75) is 25.7 Å². The van der Waals surface area contributed by atoms with Crippen LogP contribution in [0.4, 0.5) is 0 Å². The predicted molar refractivity (Wildman–Crippen MR) is 67.3 cm³/mol. The predicted octanol–water partition coefficient (Wildman–Crippen LogP) is 1.83. The van der Waals surface area contributed by atoms with E-state index in [0.29, 0.717) is 28.9 Å². The molecule has 1 aliphatic heterocycles. The van der Waals surface area contributed by atoms with E-state index in [1.54, 1.807) is 6.92 Å². The minimum Gasteiger partial charge on any atom is -0.508 e. The highest BCUT2D eigenvalue weighted by Crippen LogP contribution is 2.50. The lowest BCUT2D eigenvalue weighted by molar-refractivity contribution is 0.444. The fraction of sp³-hybridized carbons (Fsp3) is 0.385. The Balaban J connectivity index is 2.30. The summed E-state index contributed by atoms with van der Waals surface area (Å²) in [4.78, 5) is 0.455. The molecule has 1 heterocycles. The van der Waals surface area contributed by atoms with Crippen LogP contribution in [-0.2, 0) is 16.3 Å². The van der Waals surface area contributed by atoms with Gasteiger partial charge in [-0.15, -0.1) is 0 Å². The molecule has 1 atom stereocenters. The molecule has 1 fully saturated rings. The SMILES string of the molecule is CC1=C2C(CCS2(=O)=O)c2c(O)ccc(O)c2C1. The minimum atomic E-state index is -3.18. The van der Waals surface area contributed by atoms with E-state index in [1.165, 1.54) is 12.1 Å². The first-order chi connectivity index (χ1) is 8.42. The van der Waals surface area contributed by atoms with Gasteiger partial charge in [0.2, 0.25) is 0 Å². The maximum absolute atomic E-state index is 12.0. The zero-order chi connectivity index (χ0) is 13.1. The standard InChI is InChI=1S/C13H14O4S/c1-7-6-9-10(14)2-3-11(15)12(9)8-4-5-18(16,17)13(7)8/h2-3,8,14-15H,4-6H2,1H3. The van der Waals surface area contributed by atoms with Gasteiger partial charge in [-0.3, -0.25) is 0 Å². The van der Waals surface area contributed by atoms with E-state index < -0.39 is 9.84 Å². The Morgan fingerprint density at radius 2 is 1.89 bits per heavy atom. The number of hydrogen-bond acceptors (Lipinski definition) is 4. The van der Waals surface area contributed by atoms with Gasteiger partial charge in [-0.05, 0) is 31.9 Å². The van der Waals surface area contributed by atoms with E-state index in [0.717, 1.165) is 5.57 Å². The van der Waals surface area contributed by atoms with E-state index in [-0.39, 0.29) is 23.2 Å². The summed E-state index contributed by atoms with van der Waals surface area (Å²) in [6.45, 7) is 1.79. The molecular formula is C13H14O4S. The summed E-state index contributed by atoms with van der Waals surface area (Å²) < 4.78 is 24.0. The topological polar surface area (TPSA) is 74.6 Å². The van der Waals surface area contributed by atoms with Crippen molar-refractivity contribution >= 4 is 9.84 Å². The van der Waals surface area contributed by atoms with Crippen LogP contribution >= 0.6 is 0 Å². The van der Waals surface area contributed by atoms with Crippen LogP contribution in [0.1, 0.15) is 30.4 Å². The Labute approximate surface area is 105 Å². The molecule has 5 heteroatoms. The first kappa shape index (κ1) is 11.6. The van der Waals surface area contributed by atoms with Crippen LogP contribution in [0.5, 0.6) is 11.5 Å². The smallest absolute Gasteiger partial charge is 0.175 e. The largest absolute Gasteiger partial charge is 0.508 e. The number of phenolic OH excluding ortho intramolecular Hbond substituents is 2. The Kier molecular flexibility index (Phi) is 2.26. The number of allylic oxidation sites excluding steroid dienone is 2. The average Bonchev–Trinajstić information content (AvgIpc) is 2.61. The molecule has 18 heavy (non-hydrogen) atoms. The first-order valence-electron chi connectivity index (χ1n) is 5.88. The molecule has 2 aliphatic rings. The molecule has 0 bridgehead atoms. The van der Waals surface area contributed by atoms with Gasteiger partial charge in [0.05, 0.1) is 10.7 Å². The molecule has 3 rings (SSSR count). The molecule has 0 amide bonds. The van der Waals surface area contributed by atoms with Crippen LogP contribution in [0.15, 0.2) is 22.6 Å². The molecule has 0 radical (unpaired) electrons. The van der Waals surface area contributed by atoms with Crippen LogP contribution < -0.4 is 0 Å². The second-order valence-electron chi connectivity index (χ2n) is 4.98. The lowest BCUT2D eigenvalue weighted by Crippen LogP contribution is -2.13. The number of sulfone groups is 1. The van der Waals surface area contributed by atoms with Crippen LogP contribution in [0.25, 0.3) is 0 Å². The molecule has 2 N–H and O–H groups in total. The van der Waals surface area contributed by atoms with Crippen LogP contribution in [0.2, 0.25) is 0 Å². The van der Waals surface area contributed by atoms with Gasteiger partial charge in [0.1, 0.15) is 11.5 Å². The number of rotatable bonds is 0. The molecule has 96 valence electrons. The molecular weight excluding hydrogens is 252 g/mol. The van der Waals surface area contributed by atoms with Crippen molar-refractivity contribution < 1.29 is 18.6 Å². The maximum Gasteiger partial charge on any atom is 0.175 e. The molecule has 1 unspecified atom stereocenters. The summed E-state index contributed by atoms with van der Waals surface area (Å²) >= 11 is 0. The van der Waals surface area contributed by atoms with Crippen LogP contribution in [0, 0.1) is 0 Å². The zero-order valence-electron chi connectivity index (χ0n) is 9.97. The number of hydrogen-bond donors (Lipinski definition) is 2. The normalized spacial score (nSPS) is 24.8. The summed E-state index contributed by atoms with van der Waals surface area (Å²) in [6, 6.07) is 2.88. The highest BCUT2D eigenvalue weighted by Gasteiger charge is 2.42. The third-order valence-electron chi connectivity index (χ3n) is 3.85. The molecule has 1 saturated heterocycles. The van der Waals surface area contributed by atoms with E-state index in [9.17, 15) is 18.6 Å². The fourth-order valence-electron chi connectivity index (χ4n) is 3.14. The quantitative estimate of drug-likeness (QED) is 0.702. The lowest BCUT2D eigenvalue weighted by atomic mass is 9.82. The first-order valence-corrected chi connectivity index (χ1v) is 7.53. The second-order valence-corrected chi connectivity index (χ2v) is 7.06. The van der Waals surface area contributed by atoms with Crippen molar-refractivity contribution in [1.82, 2.24) is 0 Å². The number of benzene rings is 1. The van der Waals surface area contributed by atoms with Crippen molar-refractivity contribution in [1.29, 1.82) is 0 Å². The second kappa shape index (κ2) is 3.51. The highest BCUT2D eigenvalue weighted by atomic mass is 32.2. The molecule has 1 aromatic carbocycles. The van der Waals surface area contributed by atoms with E-state index >= 15 is 0 Å². The van der Waals surface area contributed by atoms with Crippen molar-refractivity contribution in [2.24, 2.45) is 0 Å². The van der Waals surface area contributed by atoms with E-state index in [2.05, 4.69) is 0 Å². The molecule has 4 nitrogen and oxygen atoms in total. The van der Waals surface area contributed by atoms with Crippen LogP contribution in [0.3, 0.4) is 0 Å². The van der Waals surface area contributed by atoms with Crippen molar-refractivity contribution in [3.63, 3.8) is 0 Å². The average molecular weight is 266 g/mol. The maximum atomic E-state index is 12.0. The van der Waals surface area contributed by atoms with Gasteiger partial charge >= 0.3 is 0 Å². The van der Waals surface area contributed by atoms with Gasteiger partial charge in [0.25, 0.3) is 0 Å². The van der Waals surface area contributed by atoms with Gasteiger partial charge in [0.15, 0.2) is 9.84 Å². The van der Waals surface area contributed by atoms with Gasteiger partial charge in [-0.2, -0.15) is 0 Å². The van der Waals surface area contributed by atoms with E-state index in [4.69, 9.17) is 0 Å². The zero-order valence-corrected chi connectivity index (χ0v) is 10.8. The monoisotopic (exact) mass is 266 g/mol. The molecule has 0 aromatic heterocycles. The minimum absolute atomic E-state index is 0.0786. The van der Waals surface area contributed by atoms with Gasteiger partial charge in [0, 0.05) is 17.0 Å². The molecule has 0 spiro atoms. The summed E-state index contributed by atoms with van der Waals surface area (Å²) in [5.41, 5.74) is 2.04. The highest BCUT2D eigenvalue weighted by molar-refractivity contribution is 7.95. The molecule has 1 aromatic rings. The van der Waals surface area contributed by atoms with Crippen molar-refractivity contribution in [3.05, 3.63) is 33.7 Å². The summed E-state index contributed by atoms with van der Waals surface area (Å²) in [5.74, 6) is 0.0463. The Bertz CT molecular complexity index is 670. The summed E-state index contributed by atoms with van der Waals surface area (Å²) in [5, 5.41) is 19.8. The molecule has 1 aliphatic carbocycles. The Hall–Kier alpha value is -1.49. The molecule has 0 saturated carbocycles. The summed E-state index contributed by atoms with van der Waals surface area (Å²) in [7, 11) is -3.18. The fourth-order valence-corrected chi connectivity index (χ4v) is 5.18. The van der Waals surface area contributed by atoms with E-state index in [1.807, 2.05) is 0 Å². The lowest BCUT2D eigenvalue weighted by Gasteiger charge is -2.25. The third-order valence-corrected chi connectivity index (χ3v) is 5.92. The number of fused-ring (bicyclic) bond motifs is 3. The third kappa shape index (κ3) is 1.40. The van der Waals surface area contributed by atoms with Crippen molar-refractivity contribution in [2.75, 3.05) is 5.75 Å². The number of aromatic hydroxyl groups is 2. The van der Waals surface area contributed by atoms with Gasteiger partial charge in [-0.1, -0.05) is 5.57 Å².